The van der Waals surface area contributed by atoms with Gasteiger partial charge in [-0.3, -0.25) is 4.79 Å². The van der Waals surface area contributed by atoms with Crippen molar-refractivity contribution in [2.45, 2.75) is 58.5 Å². The third kappa shape index (κ3) is 4.03. The van der Waals surface area contributed by atoms with Gasteiger partial charge in [0.05, 0.1) is 16.4 Å². The van der Waals surface area contributed by atoms with Gasteiger partial charge in [0.25, 0.3) is 0 Å². The Kier molecular flexibility index (Phi) is 5.82. The molecule has 0 saturated heterocycles. The van der Waals surface area contributed by atoms with Crippen molar-refractivity contribution >= 4 is 39.0 Å². The number of ether oxygens (including phenoxy) is 1. The van der Waals surface area contributed by atoms with Crippen LogP contribution in [0.4, 0.5) is 0 Å². The van der Waals surface area contributed by atoms with E-state index in [-0.39, 0.29) is 5.78 Å². The molecule has 1 aromatic heterocycles. The molecule has 31 heavy (non-hydrogen) atoms. The number of aromatic nitrogens is 2. The molecule has 4 nitrogen and oxygen atoms in total. The fourth-order valence-corrected chi connectivity index (χ4v) is 5.67. The summed E-state index contributed by atoms with van der Waals surface area (Å²) >= 11 is 10.2. The summed E-state index contributed by atoms with van der Waals surface area (Å²) in [6.45, 7) is 2.49. The van der Waals surface area contributed by atoms with Gasteiger partial charge in [0.15, 0.2) is 5.78 Å². The van der Waals surface area contributed by atoms with E-state index in [1.807, 2.05) is 22.9 Å². The van der Waals surface area contributed by atoms with E-state index in [0.717, 1.165) is 52.0 Å². The van der Waals surface area contributed by atoms with Gasteiger partial charge >= 0.3 is 0 Å². The highest BCUT2D eigenvalue weighted by molar-refractivity contribution is 9.10. The Morgan fingerprint density at radius 2 is 2.10 bits per heavy atom. The lowest BCUT2D eigenvalue weighted by Crippen LogP contribution is -2.15. The highest BCUT2D eigenvalue weighted by Crippen LogP contribution is 2.43. The number of Topliss-reactive ketones (excluding diaryl/α,β-unsaturated/α-hetero) is 1. The maximum absolute atomic E-state index is 13.4. The second kappa shape index (κ2) is 8.59. The van der Waals surface area contributed by atoms with Crippen molar-refractivity contribution in [3.05, 3.63) is 51.1 Å². The fourth-order valence-electron chi connectivity index (χ4n) is 4.96. The van der Waals surface area contributed by atoms with Gasteiger partial charge in [0.2, 0.25) is 0 Å². The van der Waals surface area contributed by atoms with E-state index in [4.69, 9.17) is 21.4 Å². The molecule has 1 aliphatic heterocycles. The SMILES string of the molecule is CC1C=C(Cl)C(n2nc(C(=O)CC3CCCCC3)c3c2-c2ccc(Br)cc2OC3)=CC1. The maximum atomic E-state index is 13.4. The molecule has 1 aromatic carbocycles. The molecular formula is C25H26BrClN2O2. The van der Waals surface area contributed by atoms with Gasteiger partial charge in [0.1, 0.15) is 18.1 Å². The lowest BCUT2D eigenvalue weighted by molar-refractivity contribution is 0.0942. The summed E-state index contributed by atoms with van der Waals surface area (Å²) in [5.41, 5.74) is 4.13. The summed E-state index contributed by atoms with van der Waals surface area (Å²) in [5, 5.41) is 5.54. The first-order chi connectivity index (χ1) is 15.0. The van der Waals surface area contributed by atoms with Gasteiger partial charge in [-0.1, -0.05) is 78.7 Å². The second-order valence-corrected chi connectivity index (χ2v) is 10.3. The smallest absolute Gasteiger partial charge is 0.183 e. The van der Waals surface area contributed by atoms with E-state index in [1.54, 1.807) is 0 Å². The Bertz CT molecular complexity index is 1100. The molecule has 1 fully saturated rings. The topological polar surface area (TPSA) is 44.1 Å². The molecule has 0 spiro atoms. The molecule has 0 amide bonds. The number of rotatable bonds is 4. The number of fused-ring (bicyclic) bond motifs is 3. The number of ketones is 1. The lowest BCUT2D eigenvalue weighted by Gasteiger charge is -2.22. The number of halogens is 2. The van der Waals surface area contributed by atoms with Crippen LogP contribution in [0.15, 0.2) is 39.9 Å². The van der Waals surface area contributed by atoms with Crippen molar-refractivity contribution < 1.29 is 9.53 Å². The molecule has 3 aliphatic rings. The van der Waals surface area contributed by atoms with Crippen LogP contribution in [0.1, 0.15) is 67.9 Å². The molecule has 0 radical (unpaired) electrons. The van der Waals surface area contributed by atoms with Crippen LogP contribution in [0.5, 0.6) is 5.75 Å². The van der Waals surface area contributed by atoms with Crippen molar-refractivity contribution in [1.82, 2.24) is 9.78 Å². The van der Waals surface area contributed by atoms with E-state index in [0.29, 0.717) is 35.6 Å². The molecule has 1 atom stereocenters. The summed E-state index contributed by atoms with van der Waals surface area (Å²) < 4.78 is 8.89. The van der Waals surface area contributed by atoms with Crippen molar-refractivity contribution in [1.29, 1.82) is 0 Å². The Labute approximate surface area is 196 Å². The zero-order chi connectivity index (χ0) is 21.5. The van der Waals surface area contributed by atoms with Gasteiger partial charge < -0.3 is 4.74 Å². The minimum absolute atomic E-state index is 0.121. The predicted octanol–water partition coefficient (Wildman–Crippen LogP) is 7.36. The highest BCUT2D eigenvalue weighted by atomic mass is 79.9. The molecule has 0 bridgehead atoms. The molecular weight excluding hydrogens is 476 g/mol. The largest absolute Gasteiger partial charge is 0.488 e. The predicted molar refractivity (Wildman–Crippen MR) is 127 cm³/mol. The summed E-state index contributed by atoms with van der Waals surface area (Å²) in [6, 6.07) is 5.98. The lowest BCUT2D eigenvalue weighted by atomic mass is 9.85. The number of allylic oxidation sites excluding steroid dienone is 4. The molecule has 162 valence electrons. The van der Waals surface area contributed by atoms with Gasteiger partial charge in [-0.05, 0) is 36.5 Å². The quantitative estimate of drug-likeness (QED) is 0.411. The first-order valence-corrected chi connectivity index (χ1v) is 12.3. The average Bonchev–Trinajstić information content (AvgIpc) is 3.14. The van der Waals surface area contributed by atoms with Gasteiger partial charge in [-0.2, -0.15) is 5.10 Å². The fraction of sp³-hybridized carbons (Fsp3) is 0.440. The van der Waals surface area contributed by atoms with Crippen LogP contribution in [0.3, 0.4) is 0 Å². The van der Waals surface area contributed by atoms with Crippen molar-refractivity contribution in [2.75, 3.05) is 0 Å². The van der Waals surface area contributed by atoms with Crippen LogP contribution in [0, 0.1) is 11.8 Å². The normalized spacial score (nSPS) is 20.9. The minimum Gasteiger partial charge on any atom is -0.488 e. The number of carbonyl (C=O) groups excluding carboxylic acids is 1. The Morgan fingerprint density at radius 3 is 2.87 bits per heavy atom. The standard InChI is InChI=1S/C25H26BrClN2O2/c1-15-7-10-21(20(27)11-15)29-25-18-9-8-17(26)13-23(18)31-14-19(25)24(28-29)22(30)12-16-5-3-2-4-6-16/h8-11,13,15-16H,2-7,12,14H2,1H3. The van der Waals surface area contributed by atoms with Crippen molar-refractivity contribution in [2.24, 2.45) is 11.8 Å². The van der Waals surface area contributed by atoms with E-state index < -0.39 is 0 Å². The minimum atomic E-state index is 0.121. The third-order valence-electron chi connectivity index (χ3n) is 6.60. The van der Waals surface area contributed by atoms with Crippen LogP contribution < -0.4 is 4.74 Å². The molecule has 5 rings (SSSR count). The Hall–Kier alpha value is -1.85. The average molecular weight is 502 g/mol. The molecule has 1 saturated carbocycles. The Balaban J connectivity index is 1.60. The number of benzene rings is 1. The van der Waals surface area contributed by atoms with E-state index >= 15 is 0 Å². The zero-order valence-corrected chi connectivity index (χ0v) is 20.0. The first-order valence-electron chi connectivity index (χ1n) is 11.2. The molecule has 6 heteroatoms. The van der Waals surface area contributed by atoms with Gasteiger partial charge in [0, 0.05) is 22.0 Å². The van der Waals surface area contributed by atoms with E-state index in [9.17, 15) is 4.79 Å². The van der Waals surface area contributed by atoms with E-state index in [1.165, 1.54) is 19.3 Å². The van der Waals surface area contributed by atoms with Gasteiger partial charge in [-0.15, -0.1) is 0 Å². The van der Waals surface area contributed by atoms with Crippen LogP contribution in [0.2, 0.25) is 0 Å². The number of nitrogens with zero attached hydrogens (tertiary/aromatic N) is 2. The van der Waals surface area contributed by atoms with Crippen molar-refractivity contribution in [3.63, 3.8) is 0 Å². The van der Waals surface area contributed by atoms with Crippen LogP contribution in [0.25, 0.3) is 17.0 Å². The van der Waals surface area contributed by atoms with Gasteiger partial charge in [-0.25, -0.2) is 4.68 Å². The summed E-state index contributed by atoms with van der Waals surface area (Å²) in [7, 11) is 0. The van der Waals surface area contributed by atoms with Crippen LogP contribution in [-0.4, -0.2) is 15.6 Å². The van der Waals surface area contributed by atoms with Crippen molar-refractivity contribution in [3.8, 4) is 17.0 Å². The maximum Gasteiger partial charge on any atom is 0.183 e. The third-order valence-corrected chi connectivity index (χ3v) is 7.42. The molecule has 2 aliphatic carbocycles. The number of hydrogen-bond donors (Lipinski definition) is 0. The zero-order valence-electron chi connectivity index (χ0n) is 17.7. The summed E-state index contributed by atoms with van der Waals surface area (Å²) in [5.74, 6) is 1.77. The molecule has 2 heterocycles. The van der Waals surface area contributed by atoms with E-state index in [2.05, 4.69) is 35.0 Å². The Morgan fingerprint density at radius 1 is 1.29 bits per heavy atom. The molecule has 0 N–H and O–H groups in total. The number of hydrogen-bond acceptors (Lipinski definition) is 3. The summed E-state index contributed by atoms with van der Waals surface area (Å²) in [6.07, 6.45) is 11.7. The first kappa shape index (κ1) is 21.0. The highest BCUT2D eigenvalue weighted by Gasteiger charge is 2.32. The second-order valence-electron chi connectivity index (χ2n) is 8.97. The van der Waals surface area contributed by atoms with Crippen LogP contribution >= 0.6 is 27.5 Å². The molecule has 1 unspecified atom stereocenters. The monoisotopic (exact) mass is 500 g/mol. The molecule has 2 aromatic rings. The summed E-state index contributed by atoms with van der Waals surface area (Å²) in [4.78, 5) is 13.4. The van der Waals surface area contributed by atoms with Crippen LogP contribution in [-0.2, 0) is 6.61 Å². The number of carbonyl (C=O) groups is 1.